The van der Waals surface area contributed by atoms with Gasteiger partial charge in [-0.2, -0.15) is 4.98 Å². The maximum atomic E-state index is 9.66. The molecule has 0 spiro atoms. The molecule has 2 aromatic heterocycles. The fourth-order valence-corrected chi connectivity index (χ4v) is 3.09. The predicted molar refractivity (Wildman–Crippen MR) is 84.1 cm³/mol. The number of pyridine rings is 1. The summed E-state index contributed by atoms with van der Waals surface area (Å²) in [5, 5.41) is 9.66. The summed E-state index contributed by atoms with van der Waals surface area (Å²) in [4.78, 5) is 17.5. The van der Waals surface area contributed by atoms with Crippen LogP contribution in [0, 0.1) is 0 Å². The Balaban J connectivity index is 1.44. The highest BCUT2D eigenvalue weighted by atomic mass is 16.3. The molecule has 4 heterocycles. The zero-order valence-corrected chi connectivity index (χ0v) is 12.3. The molecule has 2 fully saturated rings. The molecule has 0 amide bonds. The van der Waals surface area contributed by atoms with Gasteiger partial charge in [-0.25, -0.2) is 4.98 Å². The lowest BCUT2D eigenvalue weighted by Gasteiger charge is -2.39. The molecule has 2 saturated heterocycles. The predicted octanol–water partition coefficient (Wildman–Crippen LogP) is 1.05. The van der Waals surface area contributed by atoms with Crippen molar-refractivity contribution in [1.29, 1.82) is 0 Å². The van der Waals surface area contributed by atoms with Crippen LogP contribution in [0.1, 0.15) is 17.9 Å². The number of rotatable bonds is 3. The van der Waals surface area contributed by atoms with E-state index in [-0.39, 0.29) is 6.10 Å². The molecule has 6 nitrogen and oxygen atoms in total. The van der Waals surface area contributed by atoms with Crippen LogP contribution in [-0.2, 0) is 0 Å². The molecule has 0 saturated carbocycles. The van der Waals surface area contributed by atoms with Crippen LogP contribution in [0.15, 0.2) is 36.8 Å². The number of anilines is 2. The van der Waals surface area contributed by atoms with Crippen molar-refractivity contribution in [3.05, 3.63) is 42.4 Å². The quantitative estimate of drug-likeness (QED) is 0.913. The standard InChI is InChI=1S/C16H19N5O/c22-14-4-7-20(11-14)15-3-6-18-16(19-15)21-9-13(10-21)12-2-1-5-17-8-12/h1-3,5-6,8,13-14,22H,4,7,9-11H2/t14-/m1/s1. The Morgan fingerprint density at radius 3 is 2.73 bits per heavy atom. The number of aromatic nitrogens is 3. The number of hydrogen-bond acceptors (Lipinski definition) is 6. The van der Waals surface area contributed by atoms with Crippen molar-refractivity contribution in [1.82, 2.24) is 15.0 Å². The van der Waals surface area contributed by atoms with Gasteiger partial charge in [0.25, 0.3) is 0 Å². The van der Waals surface area contributed by atoms with E-state index in [2.05, 4.69) is 30.8 Å². The third-order valence-electron chi connectivity index (χ3n) is 4.44. The molecule has 22 heavy (non-hydrogen) atoms. The van der Waals surface area contributed by atoms with Gasteiger partial charge in [-0.15, -0.1) is 0 Å². The number of hydrogen-bond donors (Lipinski definition) is 1. The van der Waals surface area contributed by atoms with Gasteiger partial charge < -0.3 is 14.9 Å². The number of aliphatic hydroxyl groups is 1. The molecular weight excluding hydrogens is 278 g/mol. The largest absolute Gasteiger partial charge is 0.391 e. The Morgan fingerprint density at radius 1 is 1.09 bits per heavy atom. The molecule has 0 unspecified atom stereocenters. The van der Waals surface area contributed by atoms with Gasteiger partial charge in [0.1, 0.15) is 5.82 Å². The van der Waals surface area contributed by atoms with Crippen molar-refractivity contribution in [3.63, 3.8) is 0 Å². The van der Waals surface area contributed by atoms with Gasteiger partial charge in [0, 0.05) is 50.7 Å². The van der Waals surface area contributed by atoms with Gasteiger partial charge in [-0.05, 0) is 24.1 Å². The van der Waals surface area contributed by atoms with E-state index >= 15 is 0 Å². The minimum atomic E-state index is -0.239. The van der Waals surface area contributed by atoms with Gasteiger partial charge in [-0.1, -0.05) is 6.07 Å². The SMILES string of the molecule is O[C@@H]1CCN(c2ccnc(N3CC(c4cccnc4)C3)n2)C1. The van der Waals surface area contributed by atoms with Gasteiger partial charge in [0.15, 0.2) is 0 Å². The highest BCUT2D eigenvalue weighted by molar-refractivity contribution is 5.47. The summed E-state index contributed by atoms with van der Waals surface area (Å²) in [5.41, 5.74) is 1.28. The van der Waals surface area contributed by atoms with Crippen molar-refractivity contribution in [2.75, 3.05) is 36.0 Å². The Bertz CT molecular complexity index is 644. The molecule has 1 N–H and O–H groups in total. The van der Waals surface area contributed by atoms with Gasteiger partial charge in [-0.3, -0.25) is 4.98 Å². The molecule has 114 valence electrons. The van der Waals surface area contributed by atoms with E-state index in [0.29, 0.717) is 12.5 Å². The van der Waals surface area contributed by atoms with Crippen molar-refractivity contribution in [2.45, 2.75) is 18.4 Å². The Hall–Kier alpha value is -2.21. The third-order valence-corrected chi connectivity index (χ3v) is 4.44. The Kier molecular flexibility index (Phi) is 3.38. The van der Waals surface area contributed by atoms with Crippen LogP contribution >= 0.6 is 0 Å². The zero-order valence-electron chi connectivity index (χ0n) is 12.3. The molecule has 1 atom stereocenters. The number of β-amino-alcohol motifs (C(OH)–C–C–N with tert-alkyl or cyclic N) is 1. The Morgan fingerprint density at radius 2 is 2.00 bits per heavy atom. The summed E-state index contributed by atoms with van der Waals surface area (Å²) in [7, 11) is 0. The first-order chi connectivity index (χ1) is 10.8. The first-order valence-electron chi connectivity index (χ1n) is 7.70. The first-order valence-corrected chi connectivity index (χ1v) is 7.70. The summed E-state index contributed by atoms with van der Waals surface area (Å²) in [6.07, 6.45) is 6.12. The molecule has 2 aromatic rings. The van der Waals surface area contributed by atoms with E-state index in [9.17, 15) is 5.11 Å². The fraction of sp³-hybridized carbons (Fsp3) is 0.438. The maximum absolute atomic E-state index is 9.66. The molecule has 2 aliphatic rings. The van der Waals surface area contributed by atoms with Crippen LogP contribution < -0.4 is 9.80 Å². The van der Waals surface area contributed by atoms with E-state index in [1.807, 2.05) is 18.3 Å². The molecule has 4 rings (SSSR count). The normalized spacial score (nSPS) is 22.0. The topological polar surface area (TPSA) is 65.4 Å². The molecule has 0 aliphatic carbocycles. The summed E-state index contributed by atoms with van der Waals surface area (Å²) in [6.45, 7) is 3.38. The molecule has 0 radical (unpaired) electrons. The van der Waals surface area contributed by atoms with Crippen LogP contribution in [0.3, 0.4) is 0 Å². The lowest BCUT2D eigenvalue weighted by Crippen LogP contribution is -2.46. The van der Waals surface area contributed by atoms with Crippen molar-refractivity contribution in [2.24, 2.45) is 0 Å². The minimum absolute atomic E-state index is 0.239. The van der Waals surface area contributed by atoms with E-state index in [0.717, 1.165) is 37.8 Å². The minimum Gasteiger partial charge on any atom is -0.391 e. The first kappa shape index (κ1) is 13.5. The van der Waals surface area contributed by atoms with Gasteiger partial charge in [0.05, 0.1) is 6.10 Å². The van der Waals surface area contributed by atoms with Gasteiger partial charge in [0.2, 0.25) is 5.95 Å². The number of aliphatic hydroxyl groups excluding tert-OH is 1. The lowest BCUT2D eigenvalue weighted by atomic mass is 9.93. The Labute approximate surface area is 129 Å². The highest BCUT2D eigenvalue weighted by Crippen LogP contribution is 2.30. The van der Waals surface area contributed by atoms with Gasteiger partial charge >= 0.3 is 0 Å². The van der Waals surface area contributed by atoms with E-state index in [4.69, 9.17) is 0 Å². The average Bonchev–Trinajstić information content (AvgIpc) is 2.94. The van der Waals surface area contributed by atoms with Crippen LogP contribution in [0.2, 0.25) is 0 Å². The molecular formula is C16H19N5O. The molecule has 0 bridgehead atoms. The smallest absolute Gasteiger partial charge is 0.227 e. The highest BCUT2D eigenvalue weighted by Gasteiger charge is 2.30. The van der Waals surface area contributed by atoms with E-state index in [1.165, 1.54) is 5.56 Å². The second kappa shape index (κ2) is 5.53. The maximum Gasteiger partial charge on any atom is 0.227 e. The van der Waals surface area contributed by atoms with Crippen molar-refractivity contribution < 1.29 is 5.11 Å². The van der Waals surface area contributed by atoms with E-state index in [1.54, 1.807) is 12.4 Å². The summed E-state index contributed by atoms with van der Waals surface area (Å²) < 4.78 is 0. The van der Waals surface area contributed by atoms with Crippen LogP contribution in [0.25, 0.3) is 0 Å². The molecule has 6 heteroatoms. The summed E-state index contributed by atoms with van der Waals surface area (Å²) in [5.74, 6) is 2.19. The van der Waals surface area contributed by atoms with Crippen LogP contribution in [0.5, 0.6) is 0 Å². The molecule has 2 aliphatic heterocycles. The fourth-order valence-electron chi connectivity index (χ4n) is 3.09. The van der Waals surface area contributed by atoms with Crippen molar-refractivity contribution >= 4 is 11.8 Å². The van der Waals surface area contributed by atoms with Crippen LogP contribution in [0.4, 0.5) is 11.8 Å². The van der Waals surface area contributed by atoms with E-state index < -0.39 is 0 Å². The lowest BCUT2D eigenvalue weighted by molar-refractivity contribution is 0.198. The van der Waals surface area contributed by atoms with Crippen molar-refractivity contribution in [3.8, 4) is 0 Å². The third kappa shape index (κ3) is 2.50. The summed E-state index contributed by atoms with van der Waals surface area (Å²) >= 11 is 0. The second-order valence-electron chi connectivity index (χ2n) is 5.99. The zero-order chi connectivity index (χ0) is 14.9. The second-order valence-corrected chi connectivity index (χ2v) is 5.99. The average molecular weight is 297 g/mol. The monoisotopic (exact) mass is 297 g/mol. The van der Waals surface area contributed by atoms with Crippen LogP contribution in [-0.4, -0.2) is 52.3 Å². The number of nitrogens with zero attached hydrogens (tertiary/aromatic N) is 5. The molecule has 0 aromatic carbocycles. The summed E-state index contributed by atoms with van der Waals surface area (Å²) in [6, 6.07) is 6.02.